The van der Waals surface area contributed by atoms with Crippen LogP contribution in [-0.2, 0) is 0 Å². The van der Waals surface area contributed by atoms with E-state index in [0.717, 1.165) is 37.2 Å². The zero-order valence-corrected chi connectivity index (χ0v) is 18.6. The number of benzene rings is 2. The highest BCUT2D eigenvalue weighted by Gasteiger charge is 2.18. The molecule has 1 aromatic heterocycles. The molecule has 8 nitrogen and oxygen atoms in total. The van der Waals surface area contributed by atoms with Crippen molar-refractivity contribution in [2.24, 2.45) is 10.7 Å². The van der Waals surface area contributed by atoms with Gasteiger partial charge in [-0.1, -0.05) is 30.8 Å². The lowest BCUT2D eigenvalue weighted by molar-refractivity contribution is 0.102. The predicted octanol–water partition coefficient (Wildman–Crippen LogP) is 4.23. The molecule has 0 radical (unpaired) electrons. The highest BCUT2D eigenvalue weighted by atomic mass is 16.1. The molecule has 2 aromatic carbocycles. The summed E-state index contributed by atoms with van der Waals surface area (Å²) >= 11 is 0. The van der Waals surface area contributed by atoms with Crippen molar-refractivity contribution < 1.29 is 4.79 Å². The number of carbonyl (C=O) groups is 1. The summed E-state index contributed by atoms with van der Waals surface area (Å²) in [5, 5.41) is 5.92. The molecule has 4 rings (SSSR count). The van der Waals surface area contributed by atoms with Gasteiger partial charge in [0.1, 0.15) is 5.69 Å². The van der Waals surface area contributed by atoms with Gasteiger partial charge in [-0.25, -0.2) is 15.0 Å². The number of nitrogens with two attached hydrogens (primary N) is 1. The van der Waals surface area contributed by atoms with Gasteiger partial charge in [0.25, 0.3) is 5.91 Å². The van der Waals surface area contributed by atoms with E-state index in [1.165, 1.54) is 0 Å². The molecule has 1 amide bonds. The van der Waals surface area contributed by atoms with Crippen molar-refractivity contribution >= 4 is 34.8 Å². The Hall–Kier alpha value is -4.20. The molecule has 1 saturated heterocycles. The third-order valence-electron chi connectivity index (χ3n) is 5.41. The number of aliphatic imine (C=N–C) groups is 1. The van der Waals surface area contributed by atoms with Crippen molar-refractivity contribution in [1.82, 2.24) is 9.97 Å². The number of rotatable bonds is 7. The molecule has 4 N–H and O–H groups in total. The van der Waals surface area contributed by atoms with Crippen molar-refractivity contribution in [3.05, 3.63) is 84.3 Å². The van der Waals surface area contributed by atoms with Gasteiger partial charge in [-0.2, -0.15) is 0 Å². The zero-order valence-electron chi connectivity index (χ0n) is 18.6. The Morgan fingerprint density at radius 3 is 2.67 bits per heavy atom. The lowest BCUT2D eigenvalue weighted by atomic mass is 10.1. The Kier molecular flexibility index (Phi) is 6.64. The number of hydrogen-bond acceptors (Lipinski definition) is 6. The average Bonchev–Trinajstić information content (AvgIpc) is 3.36. The number of para-hydroxylation sites is 1. The molecule has 0 aliphatic carbocycles. The SMILES string of the molecule is C=CNc1cnc(N2CCCC2)nc1C(N)=Nc1cc(C(=O)Nc2ccccc2)ccc1C. The molecule has 1 fully saturated rings. The molecule has 168 valence electrons. The minimum Gasteiger partial charge on any atom is -0.382 e. The van der Waals surface area contributed by atoms with E-state index in [1.54, 1.807) is 24.5 Å². The topological polar surface area (TPSA) is 109 Å². The molecule has 33 heavy (non-hydrogen) atoms. The molecule has 0 saturated carbocycles. The summed E-state index contributed by atoms with van der Waals surface area (Å²) in [7, 11) is 0. The van der Waals surface area contributed by atoms with Gasteiger partial charge in [-0.3, -0.25) is 4.79 Å². The van der Waals surface area contributed by atoms with Crippen LogP contribution in [0.15, 0.2) is 72.5 Å². The van der Waals surface area contributed by atoms with Crippen molar-refractivity contribution in [3.8, 4) is 0 Å². The maximum atomic E-state index is 12.7. The van der Waals surface area contributed by atoms with Crippen LogP contribution in [0.1, 0.15) is 34.5 Å². The van der Waals surface area contributed by atoms with Gasteiger partial charge < -0.3 is 21.3 Å². The number of anilines is 3. The van der Waals surface area contributed by atoms with Gasteiger partial charge in [0.05, 0.1) is 17.6 Å². The molecular formula is C25H27N7O. The van der Waals surface area contributed by atoms with E-state index in [9.17, 15) is 4.79 Å². The molecule has 1 aliphatic rings. The number of nitrogens with one attached hydrogen (secondary N) is 2. The van der Waals surface area contributed by atoms with Crippen LogP contribution in [-0.4, -0.2) is 34.8 Å². The van der Waals surface area contributed by atoms with Crippen molar-refractivity contribution in [2.75, 3.05) is 28.6 Å². The first kappa shape index (κ1) is 22.0. The monoisotopic (exact) mass is 441 g/mol. The van der Waals surface area contributed by atoms with Crippen molar-refractivity contribution in [2.45, 2.75) is 19.8 Å². The van der Waals surface area contributed by atoms with Gasteiger partial charge in [0, 0.05) is 24.3 Å². The third-order valence-corrected chi connectivity index (χ3v) is 5.41. The van der Waals surface area contributed by atoms with Gasteiger partial charge in [-0.15, -0.1) is 0 Å². The lowest BCUT2D eigenvalue weighted by Crippen LogP contribution is -2.24. The highest BCUT2D eigenvalue weighted by molar-refractivity contribution is 6.06. The Balaban J connectivity index is 1.65. The second-order valence-electron chi connectivity index (χ2n) is 7.79. The second kappa shape index (κ2) is 9.95. The van der Waals surface area contributed by atoms with E-state index in [0.29, 0.717) is 28.6 Å². The van der Waals surface area contributed by atoms with E-state index in [2.05, 4.69) is 37.1 Å². The van der Waals surface area contributed by atoms with E-state index >= 15 is 0 Å². The number of aryl methyl sites for hydroxylation is 1. The molecular weight excluding hydrogens is 414 g/mol. The summed E-state index contributed by atoms with van der Waals surface area (Å²) in [6.45, 7) is 7.48. The first-order valence-corrected chi connectivity index (χ1v) is 10.9. The number of nitrogens with zero attached hydrogens (tertiary/aromatic N) is 4. The molecule has 0 bridgehead atoms. The number of aromatic nitrogens is 2. The van der Waals surface area contributed by atoms with Gasteiger partial charge in [0.2, 0.25) is 5.95 Å². The second-order valence-corrected chi connectivity index (χ2v) is 7.79. The quantitative estimate of drug-likeness (QED) is 0.374. The maximum absolute atomic E-state index is 12.7. The van der Waals surface area contributed by atoms with Gasteiger partial charge >= 0.3 is 0 Å². The van der Waals surface area contributed by atoms with E-state index in [4.69, 9.17) is 5.73 Å². The Morgan fingerprint density at radius 2 is 1.94 bits per heavy atom. The third kappa shape index (κ3) is 5.17. The minimum atomic E-state index is -0.219. The molecule has 8 heteroatoms. The number of carbonyl (C=O) groups excluding carboxylic acids is 1. The number of amides is 1. The van der Waals surface area contributed by atoms with Crippen molar-refractivity contribution in [3.63, 3.8) is 0 Å². The van der Waals surface area contributed by atoms with Gasteiger partial charge in [-0.05, 0) is 55.8 Å². The standard InChI is InChI=1S/C25H27N7O/c1-3-27-21-16-28-25(32-13-7-8-14-32)31-22(21)23(26)30-20-15-18(12-11-17(20)2)24(33)29-19-9-5-4-6-10-19/h3-6,9-12,15-16,27H,1,7-8,13-14H2,2H3,(H2,26,30)(H,29,33). The van der Waals surface area contributed by atoms with Gasteiger partial charge in [0.15, 0.2) is 5.84 Å². The lowest BCUT2D eigenvalue weighted by Gasteiger charge is -2.17. The molecule has 0 spiro atoms. The fraction of sp³-hybridized carbons (Fsp3) is 0.200. The number of amidine groups is 1. The minimum absolute atomic E-state index is 0.219. The molecule has 2 heterocycles. The van der Waals surface area contributed by atoms with E-state index in [1.807, 2.05) is 43.3 Å². The van der Waals surface area contributed by atoms with E-state index in [-0.39, 0.29) is 11.7 Å². The average molecular weight is 442 g/mol. The fourth-order valence-corrected chi connectivity index (χ4v) is 3.63. The summed E-state index contributed by atoms with van der Waals surface area (Å²) in [6.07, 6.45) is 5.47. The highest BCUT2D eigenvalue weighted by Crippen LogP contribution is 2.24. The maximum Gasteiger partial charge on any atom is 0.255 e. The number of hydrogen-bond donors (Lipinski definition) is 3. The Morgan fingerprint density at radius 1 is 1.18 bits per heavy atom. The summed E-state index contributed by atoms with van der Waals surface area (Å²) in [5.74, 6) is 0.637. The van der Waals surface area contributed by atoms with Crippen LogP contribution in [0.4, 0.5) is 23.0 Å². The summed E-state index contributed by atoms with van der Waals surface area (Å²) in [6, 6.07) is 14.7. The largest absolute Gasteiger partial charge is 0.382 e. The smallest absolute Gasteiger partial charge is 0.255 e. The predicted molar refractivity (Wildman–Crippen MR) is 133 cm³/mol. The van der Waals surface area contributed by atoms with Crippen LogP contribution in [0.5, 0.6) is 0 Å². The summed E-state index contributed by atoms with van der Waals surface area (Å²) < 4.78 is 0. The Labute approximate surface area is 193 Å². The Bertz CT molecular complexity index is 1180. The van der Waals surface area contributed by atoms with Crippen molar-refractivity contribution in [1.29, 1.82) is 0 Å². The van der Waals surface area contributed by atoms with Crippen LogP contribution in [0.25, 0.3) is 0 Å². The van der Waals surface area contributed by atoms with Crippen LogP contribution >= 0.6 is 0 Å². The normalized spacial score (nSPS) is 13.6. The molecule has 3 aromatic rings. The molecule has 0 atom stereocenters. The molecule has 0 unspecified atom stereocenters. The van der Waals surface area contributed by atoms with Crippen LogP contribution in [0, 0.1) is 6.92 Å². The summed E-state index contributed by atoms with van der Waals surface area (Å²) in [4.78, 5) is 28.6. The first-order valence-electron chi connectivity index (χ1n) is 10.9. The van der Waals surface area contributed by atoms with Crippen LogP contribution in [0.2, 0.25) is 0 Å². The first-order chi connectivity index (χ1) is 16.0. The molecule has 1 aliphatic heterocycles. The van der Waals surface area contributed by atoms with Crippen LogP contribution < -0.4 is 21.3 Å². The van der Waals surface area contributed by atoms with E-state index < -0.39 is 0 Å². The summed E-state index contributed by atoms with van der Waals surface area (Å²) in [5.41, 5.74) is 10.2. The zero-order chi connectivity index (χ0) is 23.2. The fourth-order valence-electron chi connectivity index (χ4n) is 3.63. The van der Waals surface area contributed by atoms with Crippen LogP contribution in [0.3, 0.4) is 0 Å².